The molecule has 0 saturated carbocycles. The molecule has 1 rings (SSSR count). The normalized spacial score (nSPS) is 8.71. The average Bonchev–Trinajstić information content (AvgIpc) is 2.30. The second-order valence-electron chi connectivity index (χ2n) is 3.34. The number of aryl methyl sites for hydroxylation is 1. The maximum Gasteiger partial charge on any atom is 0.303 e. The van der Waals surface area contributed by atoms with Gasteiger partial charge in [-0.05, 0) is 24.5 Å². The summed E-state index contributed by atoms with van der Waals surface area (Å²) in [5, 5.41) is 8.39. The molecule has 0 aliphatic rings. The minimum atomic E-state index is -0.717. The molecule has 4 nitrogen and oxygen atoms in total. The lowest BCUT2D eigenvalue weighted by Crippen LogP contribution is -2.04. The number of carboxylic acids is 1. The summed E-state index contributed by atoms with van der Waals surface area (Å²) in [4.78, 5) is 19.7. The minimum absolute atomic E-state index is 0.259. The summed E-state index contributed by atoms with van der Waals surface area (Å²) in [5.74, 6) is -1.20. The zero-order valence-corrected chi connectivity index (χ0v) is 9.63. The van der Waals surface area contributed by atoms with Crippen LogP contribution in [0.25, 0.3) is 0 Å². The van der Waals surface area contributed by atoms with Crippen molar-refractivity contribution in [3.8, 4) is 0 Å². The van der Waals surface area contributed by atoms with Gasteiger partial charge in [-0.15, -0.1) is 0 Å². The number of primary amides is 1. The van der Waals surface area contributed by atoms with E-state index in [9.17, 15) is 9.59 Å². The Hall–Kier alpha value is -2.10. The molecule has 0 radical (unpaired) electrons. The number of carboxylic acid groups (broad SMARTS) is 1. The SMILES string of the molecule is C=CC(N)=O.O=C(O)CCCc1ccccc1. The fourth-order valence-corrected chi connectivity index (χ4v) is 1.09. The largest absolute Gasteiger partial charge is 0.481 e. The number of hydrogen-bond acceptors (Lipinski definition) is 2. The molecule has 0 aliphatic heterocycles. The topological polar surface area (TPSA) is 80.4 Å². The zero-order valence-electron chi connectivity index (χ0n) is 9.63. The van der Waals surface area contributed by atoms with Gasteiger partial charge in [0, 0.05) is 6.42 Å². The number of aliphatic carboxylic acids is 1. The van der Waals surface area contributed by atoms with Gasteiger partial charge in [0.2, 0.25) is 5.91 Å². The number of nitrogens with two attached hydrogens (primary N) is 1. The molecule has 0 unspecified atom stereocenters. The van der Waals surface area contributed by atoms with Gasteiger partial charge in [0.15, 0.2) is 0 Å². The Morgan fingerprint density at radius 1 is 1.29 bits per heavy atom. The van der Waals surface area contributed by atoms with E-state index in [-0.39, 0.29) is 6.42 Å². The highest BCUT2D eigenvalue weighted by Crippen LogP contribution is 2.03. The van der Waals surface area contributed by atoms with E-state index >= 15 is 0 Å². The van der Waals surface area contributed by atoms with Crippen molar-refractivity contribution in [1.29, 1.82) is 0 Å². The quantitative estimate of drug-likeness (QED) is 0.763. The van der Waals surface area contributed by atoms with Crippen molar-refractivity contribution in [3.05, 3.63) is 48.6 Å². The van der Waals surface area contributed by atoms with Gasteiger partial charge in [0.1, 0.15) is 0 Å². The fourth-order valence-electron chi connectivity index (χ4n) is 1.09. The lowest BCUT2D eigenvalue weighted by atomic mass is 10.1. The predicted octanol–water partition coefficient (Wildman–Crippen LogP) is 1.75. The third-order valence-electron chi connectivity index (χ3n) is 1.90. The van der Waals surface area contributed by atoms with Crippen LogP contribution in [0.4, 0.5) is 0 Å². The molecule has 0 fully saturated rings. The van der Waals surface area contributed by atoms with Gasteiger partial charge in [-0.1, -0.05) is 36.9 Å². The zero-order chi connectivity index (χ0) is 13.1. The molecule has 17 heavy (non-hydrogen) atoms. The number of hydrogen-bond donors (Lipinski definition) is 2. The van der Waals surface area contributed by atoms with E-state index in [1.54, 1.807) is 0 Å². The maximum absolute atomic E-state index is 10.2. The highest BCUT2D eigenvalue weighted by molar-refractivity contribution is 5.84. The summed E-state index contributed by atoms with van der Waals surface area (Å²) in [6, 6.07) is 9.93. The Morgan fingerprint density at radius 2 is 1.82 bits per heavy atom. The Bertz CT molecular complexity index is 360. The van der Waals surface area contributed by atoms with Gasteiger partial charge >= 0.3 is 5.97 Å². The molecule has 1 aromatic rings. The van der Waals surface area contributed by atoms with Crippen LogP contribution in [0.15, 0.2) is 43.0 Å². The van der Waals surface area contributed by atoms with E-state index in [0.717, 1.165) is 18.9 Å². The summed E-state index contributed by atoms with van der Waals surface area (Å²) in [5.41, 5.74) is 5.74. The summed E-state index contributed by atoms with van der Waals surface area (Å²) in [6.45, 7) is 3.09. The monoisotopic (exact) mass is 235 g/mol. The molecule has 1 amide bonds. The van der Waals surface area contributed by atoms with Gasteiger partial charge in [0.25, 0.3) is 0 Å². The number of benzene rings is 1. The second kappa shape index (κ2) is 9.15. The van der Waals surface area contributed by atoms with Crippen LogP contribution >= 0.6 is 0 Å². The van der Waals surface area contributed by atoms with Gasteiger partial charge in [0.05, 0.1) is 0 Å². The highest BCUT2D eigenvalue weighted by atomic mass is 16.4. The van der Waals surface area contributed by atoms with Crippen molar-refractivity contribution in [2.45, 2.75) is 19.3 Å². The van der Waals surface area contributed by atoms with E-state index in [1.165, 1.54) is 5.56 Å². The first-order valence-corrected chi connectivity index (χ1v) is 5.24. The summed E-state index contributed by atoms with van der Waals surface area (Å²) >= 11 is 0. The van der Waals surface area contributed by atoms with Crippen molar-refractivity contribution >= 4 is 11.9 Å². The lowest BCUT2D eigenvalue weighted by Gasteiger charge is -1.97. The van der Waals surface area contributed by atoms with Gasteiger partial charge in [-0.3, -0.25) is 9.59 Å². The number of amides is 1. The first-order valence-electron chi connectivity index (χ1n) is 5.24. The Kier molecular flexibility index (Phi) is 8.02. The van der Waals surface area contributed by atoms with E-state index < -0.39 is 11.9 Å². The molecule has 1 aromatic carbocycles. The number of rotatable bonds is 5. The Balaban J connectivity index is 0.000000437. The third-order valence-corrected chi connectivity index (χ3v) is 1.90. The van der Waals surface area contributed by atoms with E-state index in [0.29, 0.717) is 0 Å². The molecular weight excluding hydrogens is 218 g/mol. The Morgan fingerprint density at radius 3 is 2.24 bits per heavy atom. The van der Waals surface area contributed by atoms with Gasteiger partial charge < -0.3 is 10.8 Å². The van der Waals surface area contributed by atoms with Gasteiger partial charge in [-0.2, -0.15) is 0 Å². The molecule has 0 spiro atoms. The van der Waals surface area contributed by atoms with Gasteiger partial charge in [-0.25, -0.2) is 0 Å². The van der Waals surface area contributed by atoms with E-state index in [1.807, 2.05) is 30.3 Å². The van der Waals surface area contributed by atoms with Crippen LogP contribution < -0.4 is 5.73 Å². The molecule has 0 heterocycles. The summed E-state index contributed by atoms with van der Waals surface area (Å²) in [7, 11) is 0. The van der Waals surface area contributed by atoms with E-state index in [4.69, 9.17) is 5.11 Å². The van der Waals surface area contributed by atoms with Crippen molar-refractivity contribution < 1.29 is 14.7 Å². The van der Waals surface area contributed by atoms with Crippen molar-refractivity contribution in [2.75, 3.05) is 0 Å². The van der Waals surface area contributed by atoms with Crippen LogP contribution in [-0.4, -0.2) is 17.0 Å². The highest BCUT2D eigenvalue weighted by Gasteiger charge is 1.96. The first kappa shape index (κ1) is 14.9. The molecule has 3 N–H and O–H groups in total. The van der Waals surface area contributed by atoms with Crippen LogP contribution in [0.1, 0.15) is 18.4 Å². The van der Waals surface area contributed by atoms with Crippen LogP contribution in [0.5, 0.6) is 0 Å². The second-order valence-corrected chi connectivity index (χ2v) is 3.34. The average molecular weight is 235 g/mol. The fraction of sp³-hybridized carbons (Fsp3) is 0.231. The number of carbonyl (C=O) groups is 2. The standard InChI is InChI=1S/C10H12O2.C3H5NO/c11-10(12)8-4-7-9-5-2-1-3-6-9;1-2-3(4)5/h1-3,5-6H,4,7-8H2,(H,11,12);2H,1H2,(H2,4,5). The van der Waals surface area contributed by atoms with Crippen molar-refractivity contribution in [2.24, 2.45) is 5.73 Å². The molecule has 0 saturated heterocycles. The van der Waals surface area contributed by atoms with Crippen molar-refractivity contribution in [1.82, 2.24) is 0 Å². The van der Waals surface area contributed by atoms with Crippen LogP contribution in [-0.2, 0) is 16.0 Å². The number of carbonyl (C=O) groups excluding carboxylic acids is 1. The molecule has 4 heteroatoms. The van der Waals surface area contributed by atoms with E-state index in [2.05, 4.69) is 12.3 Å². The summed E-state index contributed by atoms with van der Waals surface area (Å²) in [6.07, 6.45) is 2.89. The molecule has 92 valence electrons. The van der Waals surface area contributed by atoms with Crippen LogP contribution in [0, 0.1) is 0 Å². The van der Waals surface area contributed by atoms with Crippen LogP contribution in [0.2, 0.25) is 0 Å². The third kappa shape index (κ3) is 10.2. The molecule has 0 atom stereocenters. The Labute approximate surface area is 101 Å². The lowest BCUT2D eigenvalue weighted by molar-refractivity contribution is -0.137. The summed E-state index contributed by atoms with van der Waals surface area (Å²) < 4.78 is 0. The first-order chi connectivity index (χ1) is 8.06. The molecule has 0 aromatic heterocycles. The van der Waals surface area contributed by atoms with Crippen LogP contribution in [0.3, 0.4) is 0 Å². The molecular formula is C13H17NO3. The minimum Gasteiger partial charge on any atom is -0.481 e. The smallest absolute Gasteiger partial charge is 0.303 e. The molecule has 0 aliphatic carbocycles. The predicted molar refractivity (Wildman–Crippen MR) is 66.4 cm³/mol. The maximum atomic E-state index is 10.2. The molecule has 0 bridgehead atoms. The van der Waals surface area contributed by atoms with Crippen molar-refractivity contribution in [3.63, 3.8) is 0 Å².